The molecule has 0 spiro atoms. The summed E-state index contributed by atoms with van der Waals surface area (Å²) in [6.07, 6.45) is 5.76. The molecule has 5 aromatic carbocycles. The topological polar surface area (TPSA) is 35.6 Å². The summed E-state index contributed by atoms with van der Waals surface area (Å²) in [5.41, 5.74) is 13.9. The largest absolute Gasteiger partial charge is 0.309 e. The zero-order valence-electron chi connectivity index (χ0n) is 30.1. The minimum atomic E-state index is -0.620. The lowest BCUT2D eigenvalue weighted by Gasteiger charge is -2.33. The summed E-state index contributed by atoms with van der Waals surface area (Å²) in [5.74, 6) is 0. The predicted molar refractivity (Wildman–Crippen MR) is 210 cm³/mol. The van der Waals surface area contributed by atoms with Crippen molar-refractivity contribution in [2.45, 2.75) is 57.8 Å². The molecule has 9 rings (SSSR count). The average Bonchev–Trinajstić information content (AvgIpc) is 3.85. The molecule has 4 nitrogen and oxygen atoms in total. The number of benzene rings is 5. The van der Waals surface area contributed by atoms with Gasteiger partial charge in [0.05, 0.1) is 27.8 Å². The second-order valence-electron chi connectivity index (χ2n) is 16.0. The summed E-state index contributed by atoms with van der Waals surface area (Å²) in [6, 6.07) is 47.1. The fraction of sp³-hybridized carbons (Fsp3) is 0.191. The van der Waals surface area contributed by atoms with Crippen molar-refractivity contribution in [1.82, 2.24) is 19.3 Å². The van der Waals surface area contributed by atoms with Crippen molar-refractivity contribution >= 4 is 21.8 Å². The van der Waals surface area contributed by atoms with E-state index >= 15 is 0 Å². The SMILES string of the molecule is CC(C)(C)c1ccc2c(c1)-c1cc(C(C)(C)C)ccc1C2(c1ccc2c3ccccc3n(-c3cccc(-n4cccn4)c3)c2c1)c1ccccn1. The van der Waals surface area contributed by atoms with Crippen molar-refractivity contribution in [2.75, 3.05) is 0 Å². The van der Waals surface area contributed by atoms with Crippen molar-refractivity contribution in [2.24, 2.45) is 0 Å². The molecule has 3 aromatic heterocycles. The van der Waals surface area contributed by atoms with Crippen molar-refractivity contribution in [1.29, 1.82) is 0 Å². The molecule has 51 heavy (non-hydrogen) atoms. The molecule has 0 radical (unpaired) electrons. The van der Waals surface area contributed by atoms with E-state index in [1.165, 1.54) is 55.2 Å². The Bertz CT molecular complexity index is 2530. The summed E-state index contributed by atoms with van der Waals surface area (Å²) in [6.45, 7) is 13.8. The zero-order valence-corrected chi connectivity index (χ0v) is 30.1. The second-order valence-corrected chi connectivity index (χ2v) is 16.0. The first-order valence-electron chi connectivity index (χ1n) is 17.9. The van der Waals surface area contributed by atoms with Gasteiger partial charge in [0.15, 0.2) is 0 Å². The first-order valence-corrected chi connectivity index (χ1v) is 17.9. The minimum absolute atomic E-state index is 0.0115. The molecule has 0 aliphatic heterocycles. The molecular formula is C47H42N4. The second kappa shape index (κ2) is 11.1. The highest BCUT2D eigenvalue weighted by atomic mass is 15.3. The molecule has 0 N–H and O–H groups in total. The number of aromatic nitrogens is 4. The summed E-state index contributed by atoms with van der Waals surface area (Å²) in [7, 11) is 0. The van der Waals surface area contributed by atoms with E-state index in [1.54, 1.807) is 0 Å². The highest BCUT2D eigenvalue weighted by Gasteiger charge is 2.48. The summed E-state index contributed by atoms with van der Waals surface area (Å²) in [5, 5.41) is 6.98. The number of hydrogen-bond donors (Lipinski definition) is 0. The highest BCUT2D eigenvalue weighted by molar-refractivity contribution is 6.09. The maximum Gasteiger partial charge on any atom is 0.0886 e. The molecule has 0 saturated carbocycles. The van der Waals surface area contributed by atoms with Crippen LogP contribution in [0.2, 0.25) is 0 Å². The first kappa shape index (κ1) is 31.3. The summed E-state index contributed by atoms with van der Waals surface area (Å²) >= 11 is 0. The third-order valence-electron chi connectivity index (χ3n) is 10.9. The van der Waals surface area contributed by atoms with E-state index < -0.39 is 5.41 Å². The van der Waals surface area contributed by atoms with E-state index in [-0.39, 0.29) is 10.8 Å². The Morgan fingerprint density at radius 1 is 0.529 bits per heavy atom. The van der Waals surface area contributed by atoms with Gasteiger partial charge in [-0.1, -0.05) is 120 Å². The van der Waals surface area contributed by atoms with Gasteiger partial charge >= 0.3 is 0 Å². The number of nitrogens with zero attached hydrogens (tertiary/aromatic N) is 4. The van der Waals surface area contributed by atoms with Gasteiger partial charge in [-0.25, -0.2) is 4.68 Å². The van der Waals surface area contributed by atoms with Gasteiger partial charge in [0.2, 0.25) is 0 Å². The molecule has 3 heterocycles. The van der Waals surface area contributed by atoms with Crippen molar-refractivity contribution in [3.05, 3.63) is 179 Å². The van der Waals surface area contributed by atoms with Crippen LogP contribution in [0, 0.1) is 0 Å². The molecule has 0 fully saturated rings. The molecule has 4 heteroatoms. The minimum Gasteiger partial charge on any atom is -0.309 e. The Morgan fingerprint density at radius 2 is 1.20 bits per heavy atom. The monoisotopic (exact) mass is 662 g/mol. The number of pyridine rings is 1. The van der Waals surface area contributed by atoms with Crippen LogP contribution >= 0.6 is 0 Å². The van der Waals surface area contributed by atoms with Gasteiger partial charge in [0.1, 0.15) is 0 Å². The summed E-state index contributed by atoms with van der Waals surface area (Å²) in [4.78, 5) is 5.18. The van der Waals surface area contributed by atoms with Gasteiger partial charge in [-0.2, -0.15) is 5.10 Å². The zero-order chi connectivity index (χ0) is 35.1. The molecule has 1 aliphatic rings. The van der Waals surface area contributed by atoms with Crippen molar-refractivity contribution in [3.63, 3.8) is 0 Å². The number of fused-ring (bicyclic) bond motifs is 6. The Morgan fingerprint density at radius 3 is 1.84 bits per heavy atom. The van der Waals surface area contributed by atoms with Gasteiger partial charge in [0.25, 0.3) is 0 Å². The van der Waals surface area contributed by atoms with Gasteiger partial charge in [-0.3, -0.25) is 4.98 Å². The molecule has 0 bridgehead atoms. The average molecular weight is 663 g/mol. The lowest BCUT2D eigenvalue weighted by atomic mass is 9.69. The fourth-order valence-electron chi connectivity index (χ4n) is 8.26. The van der Waals surface area contributed by atoms with E-state index in [0.29, 0.717) is 0 Å². The van der Waals surface area contributed by atoms with Gasteiger partial charge in [-0.05, 0) is 98.3 Å². The van der Waals surface area contributed by atoms with E-state index in [0.717, 1.165) is 22.6 Å². The van der Waals surface area contributed by atoms with Crippen LogP contribution in [-0.4, -0.2) is 19.3 Å². The van der Waals surface area contributed by atoms with Crippen LogP contribution in [0.1, 0.15) is 75.1 Å². The number of para-hydroxylation sites is 1. The molecule has 1 aliphatic carbocycles. The lowest BCUT2D eigenvalue weighted by Crippen LogP contribution is -2.30. The third kappa shape index (κ3) is 4.73. The maximum absolute atomic E-state index is 5.18. The van der Waals surface area contributed by atoms with Crippen molar-refractivity contribution < 1.29 is 0 Å². The predicted octanol–water partition coefficient (Wildman–Crippen LogP) is 11.3. The number of rotatable bonds is 4. The van der Waals surface area contributed by atoms with Crippen LogP contribution < -0.4 is 0 Å². The van der Waals surface area contributed by atoms with Crippen LogP contribution in [0.25, 0.3) is 44.3 Å². The molecule has 0 saturated heterocycles. The Balaban J connectivity index is 1.39. The molecule has 250 valence electrons. The van der Waals surface area contributed by atoms with E-state index in [1.807, 2.05) is 35.4 Å². The smallest absolute Gasteiger partial charge is 0.0886 e. The standard InChI is InChI=1S/C47H42N4/c1-45(2,3)31-19-22-40-38(27-31)39-28-32(46(4,5)6)20-23-41(39)47(40,44-17-9-10-24-48-44)33-18-21-37-36-15-7-8-16-42(36)51(43(37)29-33)35-14-11-13-34(30-35)50-26-12-25-49-50/h7-30H,1-6H3. The maximum atomic E-state index is 5.18. The third-order valence-corrected chi connectivity index (χ3v) is 10.9. The Kier molecular flexibility index (Phi) is 6.82. The van der Waals surface area contributed by atoms with Gasteiger partial charge in [-0.15, -0.1) is 0 Å². The molecule has 0 amide bonds. The molecular weight excluding hydrogens is 621 g/mol. The van der Waals surface area contributed by atoms with Gasteiger partial charge in [0, 0.05) is 35.1 Å². The van der Waals surface area contributed by atoms with E-state index in [2.05, 4.69) is 166 Å². The van der Waals surface area contributed by atoms with Crippen LogP contribution in [0.3, 0.4) is 0 Å². The fourth-order valence-corrected chi connectivity index (χ4v) is 8.26. The van der Waals surface area contributed by atoms with Crippen LogP contribution in [0.5, 0.6) is 0 Å². The van der Waals surface area contributed by atoms with Gasteiger partial charge < -0.3 is 4.57 Å². The Hall–Kier alpha value is -5.74. The molecule has 0 atom stereocenters. The van der Waals surface area contributed by atoms with Crippen LogP contribution in [-0.2, 0) is 16.2 Å². The van der Waals surface area contributed by atoms with Crippen LogP contribution in [0.4, 0.5) is 0 Å². The van der Waals surface area contributed by atoms with Crippen molar-refractivity contribution in [3.8, 4) is 22.5 Å². The molecule has 0 unspecified atom stereocenters. The molecule has 8 aromatic rings. The quantitative estimate of drug-likeness (QED) is 0.188. The highest BCUT2D eigenvalue weighted by Crippen LogP contribution is 2.57. The van der Waals surface area contributed by atoms with Crippen LogP contribution in [0.15, 0.2) is 146 Å². The van der Waals surface area contributed by atoms with E-state index in [9.17, 15) is 0 Å². The first-order chi connectivity index (χ1) is 24.5. The lowest BCUT2D eigenvalue weighted by molar-refractivity contribution is 0.589. The normalized spacial score (nSPS) is 13.8. The van der Waals surface area contributed by atoms with E-state index in [4.69, 9.17) is 4.98 Å². The number of hydrogen-bond acceptors (Lipinski definition) is 2. The summed E-state index contributed by atoms with van der Waals surface area (Å²) < 4.78 is 4.33. The Labute approximate surface area is 300 Å².